The molecule has 3 rings (SSSR count). The van der Waals surface area contributed by atoms with Crippen LogP contribution in [0.1, 0.15) is 40.2 Å². The highest BCUT2D eigenvalue weighted by molar-refractivity contribution is 5.96. The van der Waals surface area contributed by atoms with E-state index in [1.807, 2.05) is 36.4 Å². The molecule has 4 heteroatoms. The van der Waals surface area contributed by atoms with Crippen molar-refractivity contribution in [3.8, 4) is 0 Å². The molecule has 0 aliphatic heterocycles. The molecule has 2 aromatic rings. The van der Waals surface area contributed by atoms with E-state index < -0.39 is 0 Å². The predicted molar refractivity (Wildman–Crippen MR) is 81.4 cm³/mol. The van der Waals surface area contributed by atoms with E-state index >= 15 is 0 Å². The summed E-state index contributed by atoms with van der Waals surface area (Å²) >= 11 is 0. The number of aromatic nitrogens is 1. The molecule has 0 fully saturated rings. The van der Waals surface area contributed by atoms with E-state index in [0.717, 1.165) is 24.0 Å². The molecule has 1 aliphatic carbocycles. The number of hydrogen-bond acceptors (Lipinski definition) is 4. The van der Waals surface area contributed by atoms with E-state index in [9.17, 15) is 9.59 Å². The summed E-state index contributed by atoms with van der Waals surface area (Å²) in [4.78, 5) is 28.1. The largest absolute Gasteiger partial charge is 0.461 e. The van der Waals surface area contributed by atoms with Gasteiger partial charge >= 0.3 is 5.97 Å². The van der Waals surface area contributed by atoms with Crippen LogP contribution >= 0.6 is 0 Å². The average Bonchev–Trinajstić information content (AvgIpc) is 2.55. The first kappa shape index (κ1) is 14.4. The van der Waals surface area contributed by atoms with Gasteiger partial charge < -0.3 is 4.74 Å². The Morgan fingerprint density at radius 1 is 1.09 bits per heavy atom. The second-order valence-corrected chi connectivity index (χ2v) is 5.41. The number of ether oxygens (including phenoxy) is 1. The van der Waals surface area contributed by atoms with Crippen molar-refractivity contribution >= 4 is 11.8 Å². The van der Waals surface area contributed by atoms with Gasteiger partial charge in [-0.3, -0.25) is 9.59 Å². The minimum absolute atomic E-state index is 0.0701. The normalized spacial score (nSPS) is 13.5. The average molecular weight is 295 g/mol. The van der Waals surface area contributed by atoms with Crippen molar-refractivity contribution in [3.05, 3.63) is 65.0 Å². The third kappa shape index (κ3) is 3.39. The molecular formula is C18H17NO3. The number of aryl methyl sites for hydroxylation is 1. The maximum absolute atomic E-state index is 11.9. The van der Waals surface area contributed by atoms with Crippen molar-refractivity contribution in [2.45, 2.75) is 32.3 Å². The zero-order valence-electron chi connectivity index (χ0n) is 12.2. The Morgan fingerprint density at radius 3 is 2.73 bits per heavy atom. The Hall–Kier alpha value is -2.49. The van der Waals surface area contributed by atoms with Gasteiger partial charge in [0.1, 0.15) is 12.3 Å². The van der Waals surface area contributed by atoms with Crippen LogP contribution in [0.15, 0.2) is 42.5 Å². The van der Waals surface area contributed by atoms with Gasteiger partial charge in [0.15, 0.2) is 5.78 Å². The highest BCUT2D eigenvalue weighted by Crippen LogP contribution is 2.20. The fourth-order valence-corrected chi connectivity index (χ4v) is 2.56. The molecule has 0 radical (unpaired) electrons. The van der Waals surface area contributed by atoms with E-state index in [1.165, 1.54) is 0 Å². The number of rotatable bonds is 4. The predicted octanol–water partition coefficient (Wildman–Crippen LogP) is 2.89. The number of nitrogens with zero attached hydrogens (tertiary/aromatic N) is 1. The number of pyridine rings is 1. The summed E-state index contributed by atoms with van der Waals surface area (Å²) in [6.45, 7) is 0.254. The van der Waals surface area contributed by atoms with Crippen molar-refractivity contribution in [2.24, 2.45) is 0 Å². The van der Waals surface area contributed by atoms with Crippen LogP contribution in [0.2, 0.25) is 0 Å². The zero-order chi connectivity index (χ0) is 15.4. The number of Topliss-reactive ketones (excluding diaryl/α,β-unsaturated/α-hetero) is 1. The van der Waals surface area contributed by atoms with Crippen LogP contribution in [-0.2, 0) is 29.0 Å². The molecule has 0 spiro atoms. The Labute approximate surface area is 129 Å². The van der Waals surface area contributed by atoms with E-state index in [4.69, 9.17) is 4.74 Å². The molecule has 0 saturated heterocycles. The molecule has 0 saturated carbocycles. The molecule has 0 atom stereocenters. The first-order valence-electron chi connectivity index (χ1n) is 7.44. The van der Waals surface area contributed by atoms with Crippen molar-refractivity contribution in [1.82, 2.24) is 4.98 Å². The molecule has 1 aromatic heterocycles. The van der Waals surface area contributed by atoms with Crippen molar-refractivity contribution in [2.75, 3.05) is 0 Å². The summed E-state index contributed by atoms with van der Waals surface area (Å²) in [5.74, 6) is -0.264. The topological polar surface area (TPSA) is 56.3 Å². The van der Waals surface area contributed by atoms with E-state index in [-0.39, 0.29) is 24.8 Å². The SMILES string of the molecule is O=C(Cc1ccc2c(n1)C(=O)CCC2)OCc1ccccc1. The molecule has 1 aromatic carbocycles. The van der Waals surface area contributed by atoms with Gasteiger partial charge in [-0.25, -0.2) is 4.98 Å². The number of esters is 1. The second-order valence-electron chi connectivity index (χ2n) is 5.41. The minimum Gasteiger partial charge on any atom is -0.461 e. The van der Waals surface area contributed by atoms with Crippen molar-refractivity contribution in [1.29, 1.82) is 0 Å². The summed E-state index contributed by atoms with van der Waals surface area (Å²) < 4.78 is 5.24. The third-order valence-electron chi connectivity index (χ3n) is 3.72. The van der Waals surface area contributed by atoms with E-state index in [1.54, 1.807) is 6.07 Å². The smallest absolute Gasteiger partial charge is 0.312 e. The van der Waals surface area contributed by atoms with Crippen LogP contribution in [0.25, 0.3) is 0 Å². The van der Waals surface area contributed by atoms with Gasteiger partial charge in [-0.15, -0.1) is 0 Å². The Kier molecular flexibility index (Phi) is 4.28. The van der Waals surface area contributed by atoms with Crippen LogP contribution < -0.4 is 0 Å². The second kappa shape index (κ2) is 6.52. The lowest BCUT2D eigenvalue weighted by molar-refractivity contribution is -0.144. The highest BCUT2D eigenvalue weighted by Gasteiger charge is 2.19. The Balaban J connectivity index is 1.62. The first-order chi connectivity index (χ1) is 10.7. The number of fused-ring (bicyclic) bond motifs is 1. The molecule has 0 N–H and O–H groups in total. The van der Waals surface area contributed by atoms with Gasteiger partial charge in [-0.2, -0.15) is 0 Å². The summed E-state index contributed by atoms with van der Waals surface area (Å²) in [6.07, 6.45) is 2.40. The lowest BCUT2D eigenvalue weighted by atomic mass is 9.94. The van der Waals surface area contributed by atoms with Crippen LogP contribution in [0, 0.1) is 0 Å². The lowest BCUT2D eigenvalue weighted by Gasteiger charge is -2.14. The fraction of sp³-hybridized carbons (Fsp3) is 0.278. The van der Waals surface area contributed by atoms with Crippen molar-refractivity contribution < 1.29 is 14.3 Å². The molecule has 22 heavy (non-hydrogen) atoms. The zero-order valence-corrected chi connectivity index (χ0v) is 12.2. The van der Waals surface area contributed by atoms with Gasteiger partial charge in [-0.1, -0.05) is 36.4 Å². The minimum atomic E-state index is -0.334. The molecule has 1 heterocycles. The van der Waals surface area contributed by atoms with E-state index in [2.05, 4.69) is 4.98 Å². The molecule has 112 valence electrons. The van der Waals surface area contributed by atoms with Gasteiger partial charge in [-0.05, 0) is 30.0 Å². The molecule has 1 aliphatic rings. The summed E-state index contributed by atoms with van der Waals surface area (Å²) in [7, 11) is 0. The Bertz CT molecular complexity index is 695. The maximum atomic E-state index is 11.9. The van der Waals surface area contributed by atoms with Crippen LogP contribution in [-0.4, -0.2) is 16.7 Å². The maximum Gasteiger partial charge on any atom is 0.312 e. The van der Waals surface area contributed by atoms with Gasteiger partial charge in [0, 0.05) is 6.42 Å². The molecular weight excluding hydrogens is 278 g/mol. The number of carbonyl (C=O) groups is 2. The standard InChI is InChI=1S/C18H17NO3/c20-16-8-4-7-14-9-10-15(19-18(14)16)11-17(21)22-12-13-5-2-1-3-6-13/h1-3,5-6,9-10H,4,7-8,11-12H2. The van der Waals surface area contributed by atoms with Crippen LogP contribution in [0.3, 0.4) is 0 Å². The number of benzene rings is 1. The van der Waals surface area contributed by atoms with Crippen LogP contribution in [0.4, 0.5) is 0 Å². The number of hydrogen-bond donors (Lipinski definition) is 0. The summed E-state index contributed by atoms with van der Waals surface area (Å²) in [6, 6.07) is 13.2. The monoisotopic (exact) mass is 295 g/mol. The van der Waals surface area contributed by atoms with E-state index in [0.29, 0.717) is 17.8 Å². The highest BCUT2D eigenvalue weighted by atomic mass is 16.5. The van der Waals surface area contributed by atoms with Crippen LogP contribution in [0.5, 0.6) is 0 Å². The summed E-state index contributed by atoms with van der Waals surface area (Å²) in [5, 5.41) is 0. The molecule has 0 bridgehead atoms. The quantitative estimate of drug-likeness (QED) is 0.814. The van der Waals surface area contributed by atoms with Gasteiger partial charge in [0.25, 0.3) is 0 Å². The lowest BCUT2D eigenvalue weighted by Crippen LogP contribution is -2.16. The molecule has 4 nitrogen and oxygen atoms in total. The molecule has 0 unspecified atom stereocenters. The fourth-order valence-electron chi connectivity index (χ4n) is 2.56. The Morgan fingerprint density at radius 2 is 1.91 bits per heavy atom. The third-order valence-corrected chi connectivity index (χ3v) is 3.72. The number of ketones is 1. The van der Waals surface area contributed by atoms with Gasteiger partial charge in [0.05, 0.1) is 12.1 Å². The molecule has 0 amide bonds. The van der Waals surface area contributed by atoms with Gasteiger partial charge in [0.2, 0.25) is 0 Å². The first-order valence-corrected chi connectivity index (χ1v) is 7.44. The summed E-state index contributed by atoms with van der Waals surface area (Å²) in [5.41, 5.74) is 3.05. The number of carbonyl (C=O) groups excluding carboxylic acids is 2. The van der Waals surface area contributed by atoms with Crippen molar-refractivity contribution in [3.63, 3.8) is 0 Å².